The van der Waals surface area contributed by atoms with Gasteiger partial charge in [-0.25, -0.2) is 0 Å². The number of unbranched alkanes of at least 4 members (excludes halogenated alkanes) is 6. The van der Waals surface area contributed by atoms with E-state index in [1.165, 1.54) is 32.1 Å². The highest BCUT2D eigenvalue weighted by Gasteiger charge is 2.09. The van der Waals surface area contributed by atoms with Crippen LogP contribution in [0.15, 0.2) is 24.3 Å². The van der Waals surface area contributed by atoms with Crippen molar-refractivity contribution in [2.75, 3.05) is 5.32 Å². The molecule has 0 fully saturated rings. The first-order valence-corrected chi connectivity index (χ1v) is 9.09. The third-order valence-electron chi connectivity index (χ3n) is 3.67. The number of carbonyl (C=O) groups is 1. The molecule has 0 aromatic heterocycles. The van der Waals surface area contributed by atoms with Gasteiger partial charge in [0.15, 0.2) is 0 Å². The fourth-order valence-corrected chi connectivity index (χ4v) is 2.81. The Kier molecular flexibility index (Phi) is 9.40. The summed E-state index contributed by atoms with van der Waals surface area (Å²) < 4.78 is 0. The molecule has 21 heavy (non-hydrogen) atoms. The molecule has 0 radical (unpaired) electrons. The maximum atomic E-state index is 12.0. The van der Waals surface area contributed by atoms with E-state index >= 15 is 0 Å². The van der Waals surface area contributed by atoms with Crippen molar-refractivity contribution in [2.45, 2.75) is 70.0 Å². The van der Waals surface area contributed by atoms with Gasteiger partial charge in [-0.15, -0.1) is 0 Å². The van der Waals surface area contributed by atoms with Crippen LogP contribution in [0.5, 0.6) is 0 Å². The smallest absolute Gasteiger partial charge is 0.224 e. The second-order valence-electron chi connectivity index (χ2n) is 5.62. The fraction of sp³-hybridized carbons (Fsp3) is 0.611. The topological polar surface area (TPSA) is 29.1 Å². The Hall–Kier alpha value is -0.830. The second-order valence-corrected chi connectivity index (χ2v) is 7.00. The van der Waals surface area contributed by atoms with Crippen molar-refractivity contribution in [1.82, 2.24) is 0 Å². The molecule has 0 heterocycles. The molecular weight excluding hydrogens is 326 g/mol. The van der Waals surface area contributed by atoms with Crippen LogP contribution in [-0.4, -0.2) is 5.91 Å². The molecule has 1 unspecified atom stereocenters. The first-order chi connectivity index (χ1) is 10.1. The lowest BCUT2D eigenvalue weighted by Crippen LogP contribution is -2.12. The molecule has 0 aliphatic rings. The fourth-order valence-electron chi connectivity index (χ4n) is 2.41. The first kappa shape index (κ1) is 18.2. The van der Waals surface area contributed by atoms with Crippen LogP contribution in [0.1, 0.15) is 75.6 Å². The Morgan fingerprint density at radius 1 is 1.10 bits per heavy atom. The monoisotopic (exact) mass is 353 g/mol. The minimum absolute atomic E-state index is 0.129. The Morgan fingerprint density at radius 3 is 2.38 bits per heavy atom. The molecule has 0 aliphatic heterocycles. The third-order valence-corrected chi connectivity index (χ3v) is 4.16. The zero-order chi connectivity index (χ0) is 15.5. The summed E-state index contributed by atoms with van der Waals surface area (Å²) in [7, 11) is 0. The molecule has 0 saturated heterocycles. The van der Waals surface area contributed by atoms with Crippen molar-refractivity contribution in [3.63, 3.8) is 0 Å². The quantitative estimate of drug-likeness (QED) is 0.392. The van der Waals surface area contributed by atoms with Crippen LogP contribution < -0.4 is 5.32 Å². The summed E-state index contributed by atoms with van der Waals surface area (Å²) in [5.74, 6) is 0.129. The van der Waals surface area contributed by atoms with Crippen molar-refractivity contribution in [1.29, 1.82) is 0 Å². The summed E-state index contributed by atoms with van der Waals surface area (Å²) in [5, 5.41) is 3.03. The van der Waals surface area contributed by atoms with Crippen molar-refractivity contribution in [3.05, 3.63) is 29.8 Å². The standard InChI is InChI=1S/C18H28BrNO/c1-3-4-5-6-7-8-9-14-18(21)20-17-13-11-10-12-16(17)15(2)19/h10-13,15H,3-9,14H2,1-2H3,(H,20,21). The first-order valence-electron chi connectivity index (χ1n) is 8.18. The van der Waals surface area contributed by atoms with Crippen LogP contribution in [0.2, 0.25) is 0 Å². The van der Waals surface area contributed by atoms with Crippen LogP contribution in [0.25, 0.3) is 0 Å². The minimum atomic E-state index is 0.129. The summed E-state index contributed by atoms with van der Waals surface area (Å²) >= 11 is 3.57. The molecule has 1 aromatic rings. The van der Waals surface area contributed by atoms with Crippen LogP contribution in [0.4, 0.5) is 5.69 Å². The Balaban J connectivity index is 2.25. The van der Waals surface area contributed by atoms with Gasteiger partial charge in [-0.1, -0.05) is 79.6 Å². The molecule has 2 nitrogen and oxygen atoms in total. The number of alkyl halides is 1. The lowest BCUT2D eigenvalue weighted by atomic mass is 10.1. The van der Waals surface area contributed by atoms with Gasteiger partial charge in [0.2, 0.25) is 5.91 Å². The van der Waals surface area contributed by atoms with Gasteiger partial charge in [-0.2, -0.15) is 0 Å². The normalized spacial score (nSPS) is 12.1. The van der Waals surface area contributed by atoms with E-state index in [0.717, 1.165) is 24.1 Å². The van der Waals surface area contributed by atoms with E-state index in [4.69, 9.17) is 0 Å². The number of amides is 1. The summed E-state index contributed by atoms with van der Waals surface area (Å²) in [5.41, 5.74) is 2.06. The van der Waals surface area contributed by atoms with Gasteiger partial charge >= 0.3 is 0 Å². The number of carbonyl (C=O) groups excluding carboxylic acids is 1. The number of anilines is 1. The average molecular weight is 354 g/mol. The number of halogens is 1. The van der Waals surface area contributed by atoms with E-state index in [1.807, 2.05) is 24.3 Å². The van der Waals surface area contributed by atoms with E-state index in [2.05, 4.69) is 35.1 Å². The second kappa shape index (κ2) is 10.8. The highest BCUT2D eigenvalue weighted by atomic mass is 79.9. The van der Waals surface area contributed by atoms with Crippen LogP contribution in [-0.2, 0) is 4.79 Å². The van der Waals surface area contributed by atoms with E-state index in [-0.39, 0.29) is 10.7 Å². The average Bonchev–Trinajstić information content (AvgIpc) is 2.46. The highest BCUT2D eigenvalue weighted by molar-refractivity contribution is 9.09. The molecule has 1 atom stereocenters. The van der Waals surface area contributed by atoms with Crippen LogP contribution in [0.3, 0.4) is 0 Å². The lowest BCUT2D eigenvalue weighted by Gasteiger charge is -2.12. The SMILES string of the molecule is CCCCCCCCCC(=O)Nc1ccccc1C(C)Br. The van der Waals surface area contributed by atoms with Gasteiger partial charge in [0.1, 0.15) is 0 Å². The van der Waals surface area contributed by atoms with Gasteiger partial charge in [0.05, 0.1) is 0 Å². The van der Waals surface area contributed by atoms with Crippen molar-refractivity contribution >= 4 is 27.5 Å². The molecule has 1 aromatic carbocycles. The van der Waals surface area contributed by atoms with Crippen molar-refractivity contribution < 1.29 is 4.79 Å². The number of benzene rings is 1. The van der Waals surface area contributed by atoms with E-state index in [9.17, 15) is 4.79 Å². The predicted octanol–water partition coefficient (Wildman–Crippen LogP) is 6.22. The molecule has 118 valence electrons. The van der Waals surface area contributed by atoms with Crippen molar-refractivity contribution in [2.24, 2.45) is 0 Å². The summed E-state index contributed by atoms with van der Waals surface area (Å²) in [6, 6.07) is 7.97. The van der Waals surface area contributed by atoms with Crippen molar-refractivity contribution in [3.8, 4) is 0 Å². The number of rotatable bonds is 10. The Morgan fingerprint density at radius 2 is 1.71 bits per heavy atom. The maximum absolute atomic E-state index is 12.0. The summed E-state index contributed by atoms with van der Waals surface area (Å²) in [6.07, 6.45) is 9.28. The minimum Gasteiger partial charge on any atom is -0.326 e. The zero-order valence-corrected chi connectivity index (χ0v) is 14.9. The highest BCUT2D eigenvalue weighted by Crippen LogP contribution is 2.28. The molecule has 0 aliphatic carbocycles. The number of hydrogen-bond acceptors (Lipinski definition) is 1. The molecule has 0 spiro atoms. The lowest BCUT2D eigenvalue weighted by molar-refractivity contribution is -0.116. The largest absolute Gasteiger partial charge is 0.326 e. The molecule has 1 amide bonds. The maximum Gasteiger partial charge on any atom is 0.224 e. The third kappa shape index (κ3) is 7.66. The zero-order valence-electron chi connectivity index (χ0n) is 13.3. The van der Waals surface area contributed by atoms with E-state index < -0.39 is 0 Å². The number of hydrogen-bond donors (Lipinski definition) is 1. The van der Waals surface area contributed by atoms with Gasteiger partial charge in [-0.3, -0.25) is 4.79 Å². The van der Waals surface area contributed by atoms with Gasteiger partial charge in [-0.05, 0) is 25.0 Å². The van der Waals surface area contributed by atoms with E-state index in [0.29, 0.717) is 6.42 Å². The van der Waals surface area contributed by atoms with Gasteiger partial charge < -0.3 is 5.32 Å². The molecule has 0 saturated carbocycles. The molecule has 0 bridgehead atoms. The Bertz CT molecular complexity index is 417. The summed E-state index contributed by atoms with van der Waals surface area (Å²) in [4.78, 5) is 12.2. The molecule has 1 rings (SSSR count). The van der Waals surface area contributed by atoms with Gasteiger partial charge in [0.25, 0.3) is 0 Å². The van der Waals surface area contributed by atoms with Gasteiger partial charge in [0, 0.05) is 16.9 Å². The van der Waals surface area contributed by atoms with Crippen LogP contribution >= 0.6 is 15.9 Å². The molecule has 1 N–H and O–H groups in total. The number of para-hydroxylation sites is 1. The summed E-state index contributed by atoms with van der Waals surface area (Å²) in [6.45, 7) is 4.30. The molecule has 3 heteroatoms. The molecular formula is C18H28BrNO. The number of nitrogens with one attached hydrogen (secondary N) is 1. The van der Waals surface area contributed by atoms with Crippen LogP contribution in [0, 0.1) is 0 Å². The predicted molar refractivity (Wildman–Crippen MR) is 95.0 cm³/mol. The van der Waals surface area contributed by atoms with E-state index in [1.54, 1.807) is 0 Å². The Labute approximate surface area is 137 Å².